The quantitative estimate of drug-likeness (QED) is 0.822. The number of nitrogens with zero attached hydrogens (tertiary/aromatic N) is 1. The monoisotopic (exact) mass is 267 g/mol. The van der Waals surface area contributed by atoms with Crippen molar-refractivity contribution in [3.05, 3.63) is 30.3 Å². The topological polar surface area (TPSA) is 37.4 Å². The Morgan fingerprint density at radius 1 is 1.17 bits per heavy atom. The van der Waals surface area contributed by atoms with Crippen LogP contribution < -0.4 is 0 Å². The molecular weight excluding hydrogens is 246 g/mol. The zero-order chi connectivity index (χ0) is 13.0. The smallest absolute Gasteiger partial charge is 0.207 e. The van der Waals surface area contributed by atoms with Crippen LogP contribution in [-0.2, 0) is 10.0 Å². The van der Waals surface area contributed by atoms with E-state index in [2.05, 4.69) is 0 Å². The number of hydrogen-bond donors (Lipinski definition) is 0. The minimum atomic E-state index is -3.31. The van der Waals surface area contributed by atoms with E-state index in [1.54, 1.807) is 28.6 Å². The first-order valence-corrected chi connectivity index (χ1v) is 8.14. The molecule has 1 aliphatic carbocycles. The lowest BCUT2D eigenvalue weighted by molar-refractivity contribution is 0.356. The molecule has 0 N–H and O–H groups in total. The van der Waals surface area contributed by atoms with Gasteiger partial charge in [-0.15, -0.1) is 0 Å². The molecule has 2 rings (SSSR count). The highest BCUT2D eigenvalue weighted by Gasteiger charge is 2.26. The van der Waals surface area contributed by atoms with E-state index < -0.39 is 10.0 Å². The van der Waals surface area contributed by atoms with Crippen molar-refractivity contribution in [2.24, 2.45) is 5.92 Å². The molecule has 1 aromatic rings. The maximum absolute atomic E-state index is 12.5. The van der Waals surface area contributed by atoms with Crippen molar-refractivity contribution < 1.29 is 8.42 Å². The molecule has 4 heteroatoms. The summed E-state index contributed by atoms with van der Waals surface area (Å²) in [6.07, 6.45) is 4.82. The zero-order valence-electron chi connectivity index (χ0n) is 10.9. The highest BCUT2D eigenvalue weighted by Crippen LogP contribution is 2.27. The van der Waals surface area contributed by atoms with Gasteiger partial charge in [-0.2, -0.15) is 4.31 Å². The van der Waals surface area contributed by atoms with Gasteiger partial charge >= 0.3 is 0 Å². The Morgan fingerprint density at radius 2 is 1.78 bits per heavy atom. The summed E-state index contributed by atoms with van der Waals surface area (Å²) in [7, 11) is -3.31. The van der Waals surface area contributed by atoms with Gasteiger partial charge in [0.2, 0.25) is 10.0 Å². The van der Waals surface area contributed by atoms with Gasteiger partial charge in [-0.3, -0.25) is 0 Å². The highest BCUT2D eigenvalue weighted by molar-refractivity contribution is 7.89. The second-order valence-electron chi connectivity index (χ2n) is 4.92. The summed E-state index contributed by atoms with van der Waals surface area (Å²) in [4.78, 5) is 0.407. The van der Waals surface area contributed by atoms with E-state index in [0.717, 1.165) is 0 Å². The molecule has 0 atom stereocenters. The molecule has 1 fully saturated rings. The van der Waals surface area contributed by atoms with E-state index in [1.807, 2.05) is 13.0 Å². The first kappa shape index (κ1) is 13.6. The molecule has 1 aromatic carbocycles. The second kappa shape index (κ2) is 5.85. The van der Waals surface area contributed by atoms with E-state index in [1.165, 1.54) is 25.7 Å². The van der Waals surface area contributed by atoms with Crippen molar-refractivity contribution in [3.8, 4) is 0 Å². The first-order chi connectivity index (χ1) is 8.64. The van der Waals surface area contributed by atoms with Crippen LogP contribution in [0.4, 0.5) is 0 Å². The molecule has 0 saturated heterocycles. The minimum absolute atomic E-state index is 0.407. The molecule has 0 spiro atoms. The fourth-order valence-electron chi connectivity index (χ4n) is 2.62. The maximum Gasteiger partial charge on any atom is 0.243 e. The predicted molar refractivity (Wildman–Crippen MR) is 72.8 cm³/mol. The molecule has 1 aliphatic rings. The Kier molecular flexibility index (Phi) is 4.40. The van der Waals surface area contributed by atoms with Crippen LogP contribution in [0, 0.1) is 5.92 Å². The third kappa shape index (κ3) is 2.93. The number of rotatable bonds is 5. The fourth-order valence-corrected chi connectivity index (χ4v) is 4.17. The fraction of sp³-hybridized carbons (Fsp3) is 0.571. The molecule has 18 heavy (non-hydrogen) atoms. The Labute approximate surface area is 110 Å². The molecule has 0 amide bonds. The lowest BCUT2D eigenvalue weighted by Crippen LogP contribution is -2.34. The van der Waals surface area contributed by atoms with E-state index in [9.17, 15) is 8.42 Å². The van der Waals surface area contributed by atoms with Crippen LogP contribution in [0.5, 0.6) is 0 Å². The van der Waals surface area contributed by atoms with Crippen molar-refractivity contribution in [1.82, 2.24) is 4.31 Å². The van der Waals surface area contributed by atoms with Crippen molar-refractivity contribution in [1.29, 1.82) is 0 Å². The Bertz CT molecular complexity index is 464. The van der Waals surface area contributed by atoms with Crippen LogP contribution in [0.3, 0.4) is 0 Å². The standard InChI is InChI=1S/C14H21NO2S/c1-2-15(12-13-8-6-7-9-13)18(16,17)14-10-4-3-5-11-14/h3-5,10-11,13H,2,6-9,12H2,1H3. The lowest BCUT2D eigenvalue weighted by Gasteiger charge is -2.23. The highest BCUT2D eigenvalue weighted by atomic mass is 32.2. The van der Waals surface area contributed by atoms with Gasteiger partial charge in [-0.25, -0.2) is 8.42 Å². The van der Waals surface area contributed by atoms with Crippen molar-refractivity contribution >= 4 is 10.0 Å². The summed E-state index contributed by atoms with van der Waals surface area (Å²) in [6, 6.07) is 8.73. The predicted octanol–water partition coefficient (Wildman–Crippen LogP) is 2.89. The third-order valence-corrected chi connectivity index (χ3v) is 5.63. The van der Waals surface area contributed by atoms with Crippen molar-refractivity contribution in [2.45, 2.75) is 37.5 Å². The molecule has 0 aliphatic heterocycles. The Hall–Kier alpha value is -0.870. The SMILES string of the molecule is CCN(CC1CCCC1)S(=O)(=O)c1ccccc1. The summed E-state index contributed by atoms with van der Waals surface area (Å²) in [6.45, 7) is 3.14. The average molecular weight is 267 g/mol. The van der Waals surface area contributed by atoms with Crippen LogP contribution in [0.1, 0.15) is 32.6 Å². The number of hydrogen-bond acceptors (Lipinski definition) is 2. The van der Waals surface area contributed by atoms with E-state index >= 15 is 0 Å². The average Bonchev–Trinajstić information content (AvgIpc) is 2.89. The normalized spacial score (nSPS) is 17.4. The molecule has 0 aromatic heterocycles. The Balaban J connectivity index is 2.15. The molecule has 3 nitrogen and oxygen atoms in total. The molecule has 1 saturated carbocycles. The van der Waals surface area contributed by atoms with Gasteiger partial charge in [0, 0.05) is 13.1 Å². The summed E-state index contributed by atoms with van der Waals surface area (Å²) in [5.41, 5.74) is 0. The molecule has 0 bridgehead atoms. The molecular formula is C14H21NO2S. The number of sulfonamides is 1. The van der Waals surface area contributed by atoms with Gasteiger partial charge in [0.1, 0.15) is 0 Å². The third-order valence-electron chi connectivity index (χ3n) is 3.67. The van der Waals surface area contributed by atoms with Crippen LogP contribution in [-0.4, -0.2) is 25.8 Å². The van der Waals surface area contributed by atoms with Gasteiger partial charge < -0.3 is 0 Å². The van der Waals surface area contributed by atoms with E-state index in [0.29, 0.717) is 23.9 Å². The molecule has 100 valence electrons. The zero-order valence-corrected chi connectivity index (χ0v) is 11.7. The summed E-state index contributed by atoms with van der Waals surface area (Å²) in [5, 5.41) is 0. The van der Waals surface area contributed by atoms with Crippen LogP contribution >= 0.6 is 0 Å². The summed E-state index contributed by atoms with van der Waals surface area (Å²) < 4.78 is 26.6. The number of benzene rings is 1. The van der Waals surface area contributed by atoms with Gasteiger partial charge in [0.25, 0.3) is 0 Å². The Morgan fingerprint density at radius 3 is 2.33 bits per heavy atom. The summed E-state index contributed by atoms with van der Waals surface area (Å²) in [5.74, 6) is 0.545. The van der Waals surface area contributed by atoms with Crippen LogP contribution in [0.25, 0.3) is 0 Å². The van der Waals surface area contributed by atoms with E-state index in [-0.39, 0.29) is 0 Å². The summed E-state index contributed by atoms with van der Waals surface area (Å²) >= 11 is 0. The van der Waals surface area contributed by atoms with Gasteiger partial charge in [-0.1, -0.05) is 38.0 Å². The van der Waals surface area contributed by atoms with Crippen molar-refractivity contribution in [2.75, 3.05) is 13.1 Å². The van der Waals surface area contributed by atoms with Gasteiger partial charge in [-0.05, 0) is 30.9 Å². The molecule has 0 unspecified atom stereocenters. The molecule has 0 radical (unpaired) electrons. The first-order valence-electron chi connectivity index (χ1n) is 6.70. The van der Waals surface area contributed by atoms with E-state index in [4.69, 9.17) is 0 Å². The largest absolute Gasteiger partial charge is 0.243 e. The van der Waals surface area contributed by atoms with Gasteiger partial charge in [0.05, 0.1) is 4.90 Å². The minimum Gasteiger partial charge on any atom is -0.207 e. The lowest BCUT2D eigenvalue weighted by atomic mass is 10.1. The second-order valence-corrected chi connectivity index (χ2v) is 6.86. The van der Waals surface area contributed by atoms with Crippen molar-refractivity contribution in [3.63, 3.8) is 0 Å². The van der Waals surface area contributed by atoms with Crippen LogP contribution in [0.2, 0.25) is 0 Å². The molecule has 0 heterocycles. The van der Waals surface area contributed by atoms with Gasteiger partial charge in [0.15, 0.2) is 0 Å². The maximum atomic E-state index is 12.5. The van der Waals surface area contributed by atoms with Crippen LogP contribution in [0.15, 0.2) is 35.2 Å².